The van der Waals surface area contributed by atoms with E-state index in [0.29, 0.717) is 12.1 Å². The minimum Gasteiger partial charge on any atom is -0.376 e. The first-order chi connectivity index (χ1) is 14.6. The number of likely N-dealkylation sites (tertiary alicyclic amines) is 2. The number of piperidine rings is 1. The molecule has 1 N–H and O–H groups in total. The summed E-state index contributed by atoms with van der Waals surface area (Å²) in [6.07, 6.45) is 7.31. The Balaban J connectivity index is 0.00000341. The Morgan fingerprint density at radius 3 is 2.58 bits per heavy atom. The number of hydrogen-bond acceptors (Lipinski definition) is 5. The second-order valence-electron chi connectivity index (χ2n) is 8.89. The van der Waals surface area contributed by atoms with Crippen molar-refractivity contribution in [2.24, 2.45) is 4.99 Å². The largest absolute Gasteiger partial charge is 0.376 e. The van der Waals surface area contributed by atoms with E-state index in [1.54, 1.807) is 19.0 Å². The van der Waals surface area contributed by atoms with Crippen LogP contribution in [0.5, 0.6) is 0 Å². The van der Waals surface area contributed by atoms with Crippen LogP contribution in [0.2, 0.25) is 0 Å². The average molecular weight is 552 g/mol. The molecule has 2 atom stereocenters. The lowest BCUT2D eigenvalue weighted by atomic mass is 10.1. The van der Waals surface area contributed by atoms with Gasteiger partial charge in [-0.05, 0) is 51.6 Å². The molecule has 3 heterocycles. The molecule has 3 aliphatic heterocycles. The lowest BCUT2D eigenvalue weighted by Gasteiger charge is -2.35. The van der Waals surface area contributed by atoms with Crippen LogP contribution in [0.1, 0.15) is 45.4 Å². The molecule has 0 aromatic rings. The molecule has 0 spiro atoms. The van der Waals surface area contributed by atoms with Crippen LogP contribution in [0.25, 0.3) is 0 Å². The van der Waals surface area contributed by atoms with Crippen LogP contribution >= 0.6 is 24.0 Å². The minimum atomic E-state index is 0. The summed E-state index contributed by atoms with van der Waals surface area (Å²) in [7, 11) is 3.55. The van der Waals surface area contributed by atoms with Gasteiger partial charge in [-0.3, -0.25) is 9.69 Å². The van der Waals surface area contributed by atoms with E-state index >= 15 is 0 Å². The molecule has 0 bridgehead atoms. The van der Waals surface area contributed by atoms with Gasteiger partial charge < -0.3 is 24.6 Å². The molecule has 0 aliphatic carbocycles. The van der Waals surface area contributed by atoms with Gasteiger partial charge in [0.15, 0.2) is 5.96 Å². The summed E-state index contributed by atoms with van der Waals surface area (Å²) in [5, 5.41) is 3.58. The second kappa shape index (κ2) is 13.8. The molecule has 0 aromatic carbocycles. The molecule has 3 fully saturated rings. The Labute approximate surface area is 205 Å². The first-order valence-corrected chi connectivity index (χ1v) is 11.8. The number of hydrogen-bond donors (Lipinski definition) is 1. The number of halogens is 1. The van der Waals surface area contributed by atoms with Crippen LogP contribution in [0.4, 0.5) is 0 Å². The summed E-state index contributed by atoms with van der Waals surface area (Å²) in [5.41, 5.74) is 0. The molecule has 1 amide bonds. The van der Waals surface area contributed by atoms with Crippen molar-refractivity contribution in [1.82, 2.24) is 20.0 Å². The van der Waals surface area contributed by atoms with Gasteiger partial charge in [0, 0.05) is 46.4 Å². The summed E-state index contributed by atoms with van der Waals surface area (Å²) >= 11 is 0. The van der Waals surface area contributed by atoms with Crippen molar-refractivity contribution in [3.05, 3.63) is 0 Å². The van der Waals surface area contributed by atoms with Crippen LogP contribution in [-0.2, 0) is 14.3 Å². The Hall–Kier alpha value is -0.650. The van der Waals surface area contributed by atoms with Gasteiger partial charge >= 0.3 is 0 Å². The number of rotatable bonds is 8. The lowest BCUT2D eigenvalue weighted by Crippen LogP contribution is -2.50. The Kier molecular flexibility index (Phi) is 11.8. The van der Waals surface area contributed by atoms with Crippen molar-refractivity contribution in [2.75, 3.05) is 66.6 Å². The predicted molar refractivity (Wildman–Crippen MR) is 134 cm³/mol. The van der Waals surface area contributed by atoms with Crippen molar-refractivity contribution in [1.29, 1.82) is 0 Å². The van der Waals surface area contributed by atoms with Crippen LogP contribution in [-0.4, -0.2) is 111 Å². The number of aliphatic imine (C=N–C) groups is 1. The summed E-state index contributed by atoms with van der Waals surface area (Å²) in [6, 6.07) is 0.553. The van der Waals surface area contributed by atoms with E-state index in [-0.39, 0.29) is 42.5 Å². The standard InChI is InChI=1S/C22H41N5O3.HI/c1-4-26-11-5-7-18(26)15-23-22(24-16-21(28)25(2)3)27-12-9-19(10-13-27)30-17-20-8-6-14-29-20;/h18-20H,4-17H2,1-3H3,(H,23,24);1H. The Bertz CT molecular complexity index is 563. The molecule has 0 aromatic heterocycles. The third-order valence-electron chi connectivity index (χ3n) is 6.55. The normalized spacial score (nSPS) is 25.5. The second-order valence-corrected chi connectivity index (χ2v) is 8.89. The van der Waals surface area contributed by atoms with Crippen molar-refractivity contribution < 1.29 is 14.3 Å². The van der Waals surface area contributed by atoms with Gasteiger partial charge in [0.25, 0.3) is 0 Å². The highest BCUT2D eigenvalue weighted by Crippen LogP contribution is 2.19. The first-order valence-electron chi connectivity index (χ1n) is 11.8. The van der Waals surface area contributed by atoms with Crippen molar-refractivity contribution >= 4 is 35.8 Å². The lowest BCUT2D eigenvalue weighted by molar-refractivity contribution is -0.127. The smallest absolute Gasteiger partial charge is 0.243 e. The summed E-state index contributed by atoms with van der Waals surface area (Å²) < 4.78 is 11.8. The van der Waals surface area contributed by atoms with Gasteiger partial charge in [0.05, 0.1) is 18.8 Å². The number of nitrogens with one attached hydrogen (secondary N) is 1. The topological polar surface area (TPSA) is 69.6 Å². The molecule has 2 unspecified atom stereocenters. The molecular weight excluding hydrogens is 509 g/mol. The quantitative estimate of drug-likeness (QED) is 0.282. The number of amides is 1. The van der Waals surface area contributed by atoms with Gasteiger partial charge in [-0.1, -0.05) is 6.92 Å². The fourth-order valence-corrected chi connectivity index (χ4v) is 4.56. The van der Waals surface area contributed by atoms with E-state index in [1.165, 1.54) is 19.4 Å². The van der Waals surface area contributed by atoms with Gasteiger partial charge in [0.1, 0.15) is 6.54 Å². The number of carbonyl (C=O) groups excluding carboxylic acids is 1. The van der Waals surface area contributed by atoms with Gasteiger partial charge in [-0.15, -0.1) is 24.0 Å². The third kappa shape index (κ3) is 8.33. The zero-order chi connectivity index (χ0) is 21.3. The maximum Gasteiger partial charge on any atom is 0.243 e. The van der Waals surface area contributed by atoms with Gasteiger partial charge in [-0.25, -0.2) is 4.99 Å². The molecule has 3 aliphatic rings. The molecular formula is C22H42IN5O3. The Morgan fingerprint density at radius 1 is 1.16 bits per heavy atom. The number of ether oxygens (including phenoxy) is 2. The highest BCUT2D eigenvalue weighted by molar-refractivity contribution is 14.0. The van der Waals surface area contributed by atoms with E-state index < -0.39 is 0 Å². The molecule has 0 saturated carbocycles. The zero-order valence-electron chi connectivity index (χ0n) is 19.6. The van der Waals surface area contributed by atoms with Gasteiger partial charge in [0.2, 0.25) is 5.91 Å². The summed E-state index contributed by atoms with van der Waals surface area (Å²) in [4.78, 5) is 23.2. The molecule has 0 radical (unpaired) electrons. The predicted octanol–water partition coefficient (Wildman–Crippen LogP) is 1.78. The van der Waals surface area contributed by atoms with Gasteiger partial charge in [-0.2, -0.15) is 0 Å². The first kappa shape index (κ1) is 26.6. The number of guanidine groups is 1. The number of likely N-dealkylation sites (N-methyl/N-ethyl adjacent to an activating group) is 2. The van der Waals surface area contributed by atoms with E-state index in [1.807, 2.05) is 0 Å². The molecule has 31 heavy (non-hydrogen) atoms. The van der Waals surface area contributed by atoms with Crippen molar-refractivity contribution in [3.63, 3.8) is 0 Å². The molecule has 180 valence electrons. The van der Waals surface area contributed by atoms with Crippen molar-refractivity contribution in [3.8, 4) is 0 Å². The fourth-order valence-electron chi connectivity index (χ4n) is 4.56. The molecule has 8 nitrogen and oxygen atoms in total. The molecule has 9 heteroatoms. The minimum absolute atomic E-state index is 0. The number of nitrogens with zero attached hydrogens (tertiary/aromatic N) is 4. The van der Waals surface area contributed by atoms with Crippen LogP contribution < -0.4 is 5.32 Å². The Morgan fingerprint density at radius 2 is 1.94 bits per heavy atom. The fraction of sp³-hybridized carbons (Fsp3) is 0.909. The van der Waals surface area contributed by atoms with Crippen LogP contribution in [0, 0.1) is 0 Å². The van der Waals surface area contributed by atoms with E-state index in [2.05, 4.69) is 27.0 Å². The average Bonchev–Trinajstić information content (AvgIpc) is 3.44. The zero-order valence-corrected chi connectivity index (χ0v) is 21.9. The maximum absolute atomic E-state index is 12.1. The SMILES string of the molecule is CCN1CCCC1CNC(=NCC(=O)N(C)C)N1CCC(OCC2CCCO2)CC1.I. The van der Waals surface area contributed by atoms with E-state index in [4.69, 9.17) is 9.47 Å². The number of carbonyl (C=O) groups is 1. The molecule has 3 rings (SSSR count). The molecule has 3 saturated heterocycles. The maximum atomic E-state index is 12.1. The summed E-state index contributed by atoms with van der Waals surface area (Å²) in [6.45, 7) is 8.97. The van der Waals surface area contributed by atoms with Crippen molar-refractivity contribution in [2.45, 2.75) is 63.7 Å². The van der Waals surface area contributed by atoms with Crippen LogP contribution in [0.3, 0.4) is 0 Å². The highest BCUT2D eigenvalue weighted by Gasteiger charge is 2.27. The van der Waals surface area contributed by atoms with Crippen LogP contribution in [0.15, 0.2) is 4.99 Å². The monoisotopic (exact) mass is 551 g/mol. The summed E-state index contributed by atoms with van der Waals surface area (Å²) in [5.74, 6) is 0.894. The third-order valence-corrected chi connectivity index (χ3v) is 6.55. The van der Waals surface area contributed by atoms with E-state index in [0.717, 1.165) is 71.0 Å². The highest BCUT2D eigenvalue weighted by atomic mass is 127. The van der Waals surface area contributed by atoms with E-state index in [9.17, 15) is 4.79 Å².